The van der Waals surface area contributed by atoms with Gasteiger partial charge >= 0.3 is 11.9 Å². The lowest BCUT2D eigenvalue weighted by Crippen LogP contribution is -2.58. The average molecular weight is 391 g/mol. The van der Waals surface area contributed by atoms with Gasteiger partial charge < -0.3 is 9.47 Å². The number of methoxy groups -OCH3 is 1. The van der Waals surface area contributed by atoms with Crippen LogP contribution in [0.25, 0.3) is 0 Å². The van der Waals surface area contributed by atoms with E-state index in [1.807, 2.05) is 0 Å². The van der Waals surface area contributed by atoms with E-state index in [1.54, 1.807) is 0 Å². The first-order chi connectivity index (χ1) is 13.2. The third-order valence-electron chi connectivity index (χ3n) is 9.12. The fraction of sp³-hybridized carbons (Fsp3) is 0.870. The van der Waals surface area contributed by atoms with Gasteiger partial charge in [-0.15, -0.1) is 0 Å². The van der Waals surface area contributed by atoms with Crippen molar-refractivity contribution in [3.8, 4) is 0 Å². The van der Waals surface area contributed by atoms with E-state index in [-0.39, 0.29) is 40.7 Å². The minimum Gasteiger partial charge on any atom is -0.469 e. The number of fused-ring (bicyclic) bond motifs is 5. The minimum atomic E-state index is -0.247. The Morgan fingerprint density at radius 3 is 2.46 bits per heavy atom. The molecule has 0 heterocycles. The summed E-state index contributed by atoms with van der Waals surface area (Å²) < 4.78 is 10.6. The topological polar surface area (TPSA) is 69.7 Å². The van der Waals surface area contributed by atoms with E-state index in [1.165, 1.54) is 14.0 Å². The van der Waals surface area contributed by atoms with E-state index < -0.39 is 0 Å². The molecule has 0 spiro atoms. The zero-order valence-electron chi connectivity index (χ0n) is 17.7. The average Bonchev–Trinajstić information content (AvgIpc) is 2.97. The van der Waals surface area contributed by atoms with Crippen LogP contribution in [0, 0.1) is 40.4 Å². The molecule has 8 unspecified atom stereocenters. The number of carbonyl (C=O) groups is 3. The summed E-state index contributed by atoms with van der Waals surface area (Å²) >= 11 is 0. The zero-order valence-corrected chi connectivity index (χ0v) is 17.7. The fourth-order valence-electron chi connectivity index (χ4n) is 7.90. The number of rotatable bonds is 2. The molecule has 0 aromatic carbocycles. The molecule has 0 aromatic rings. The molecule has 0 saturated heterocycles. The van der Waals surface area contributed by atoms with Crippen molar-refractivity contribution < 1.29 is 23.9 Å². The molecule has 0 aromatic heterocycles. The van der Waals surface area contributed by atoms with E-state index in [0.29, 0.717) is 30.0 Å². The largest absolute Gasteiger partial charge is 0.469 e. The highest BCUT2D eigenvalue weighted by atomic mass is 16.5. The van der Waals surface area contributed by atoms with Crippen LogP contribution in [0.4, 0.5) is 0 Å². The molecule has 4 fully saturated rings. The highest BCUT2D eigenvalue weighted by Crippen LogP contribution is 2.66. The Kier molecular flexibility index (Phi) is 4.86. The predicted octanol–water partition coefficient (Wildman–Crippen LogP) is 3.93. The molecule has 5 nitrogen and oxygen atoms in total. The predicted molar refractivity (Wildman–Crippen MR) is 103 cm³/mol. The first kappa shape index (κ1) is 19.9. The normalized spacial score (nSPS) is 47.5. The highest BCUT2D eigenvalue weighted by molar-refractivity contribution is 5.86. The number of hydrogen-bond donors (Lipinski definition) is 0. The SMILES string of the molecule is COC(=O)C1CCC2C3CCC4CC(OC(C)=O)CCC4(C)C3C(=O)CC12C. The van der Waals surface area contributed by atoms with Gasteiger partial charge in [0.05, 0.1) is 13.0 Å². The standard InChI is InChI=1S/C23H34O5/c1-13(24)28-15-9-10-22(2)14(11-15)5-6-16-17-7-8-18(21(26)27-4)23(17,3)12-19(25)20(16)22/h14-18,20H,5-12H2,1-4H3. The van der Waals surface area contributed by atoms with Crippen molar-refractivity contribution in [2.24, 2.45) is 40.4 Å². The second kappa shape index (κ2) is 6.84. The number of hydrogen-bond acceptors (Lipinski definition) is 5. The number of carbonyl (C=O) groups excluding carboxylic acids is 3. The molecule has 4 aliphatic carbocycles. The molecule has 156 valence electrons. The van der Waals surface area contributed by atoms with E-state index >= 15 is 0 Å². The van der Waals surface area contributed by atoms with Gasteiger partial charge in [0.1, 0.15) is 11.9 Å². The first-order valence-electron chi connectivity index (χ1n) is 11.0. The summed E-state index contributed by atoms with van der Waals surface area (Å²) in [7, 11) is 1.46. The lowest BCUT2D eigenvalue weighted by atomic mass is 9.44. The molecule has 4 saturated carbocycles. The molecule has 0 radical (unpaired) electrons. The van der Waals surface area contributed by atoms with Gasteiger partial charge in [0, 0.05) is 19.3 Å². The maximum atomic E-state index is 13.5. The summed E-state index contributed by atoms with van der Waals surface area (Å²) in [5, 5.41) is 0. The minimum absolute atomic E-state index is 0.00132. The van der Waals surface area contributed by atoms with Crippen LogP contribution >= 0.6 is 0 Å². The number of Topliss-reactive ketones (excluding diaryl/α,β-unsaturated/α-hetero) is 1. The van der Waals surface area contributed by atoms with E-state index in [0.717, 1.165) is 44.9 Å². The Bertz CT molecular complexity index is 686. The van der Waals surface area contributed by atoms with Crippen LogP contribution in [-0.4, -0.2) is 30.9 Å². The summed E-state index contributed by atoms with van der Waals surface area (Å²) in [6, 6.07) is 0. The lowest BCUT2D eigenvalue weighted by Gasteiger charge is -2.59. The monoisotopic (exact) mass is 390 g/mol. The van der Waals surface area contributed by atoms with Gasteiger partial charge in [-0.05, 0) is 73.5 Å². The first-order valence-corrected chi connectivity index (χ1v) is 11.0. The summed E-state index contributed by atoms with van der Waals surface area (Å²) in [5.41, 5.74) is -0.245. The zero-order chi connectivity index (χ0) is 20.3. The van der Waals surface area contributed by atoms with E-state index in [4.69, 9.17) is 9.47 Å². The molecular formula is C23H34O5. The van der Waals surface area contributed by atoms with Crippen LogP contribution in [0.3, 0.4) is 0 Å². The van der Waals surface area contributed by atoms with E-state index in [2.05, 4.69) is 13.8 Å². The highest BCUT2D eigenvalue weighted by Gasteiger charge is 2.64. The summed E-state index contributed by atoms with van der Waals surface area (Å²) in [5.74, 6) is 1.23. The molecule has 0 bridgehead atoms. The summed E-state index contributed by atoms with van der Waals surface area (Å²) in [4.78, 5) is 37.3. The van der Waals surface area contributed by atoms with Crippen molar-refractivity contribution in [1.82, 2.24) is 0 Å². The van der Waals surface area contributed by atoms with Crippen LogP contribution < -0.4 is 0 Å². The Balaban J connectivity index is 1.59. The fourth-order valence-corrected chi connectivity index (χ4v) is 7.90. The van der Waals surface area contributed by atoms with Crippen LogP contribution in [0.2, 0.25) is 0 Å². The van der Waals surface area contributed by atoms with Crippen molar-refractivity contribution in [3.05, 3.63) is 0 Å². The van der Waals surface area contributed by atoms with Gasteiger partial charge in [-0.2, -0.15) is 0 Å². The summed E-state index contributed by atoms with van der Waals surface area (Å²) in [6.07, 6.45) is 7.23. The van der Waals surface area contributed by atoms with Gasteiger partial charge in [0.2, 0.25) is 0 Å². The number of ether oxygens (including phenoxy) is 2. The molecule has 4 rings (SSSR count). The smallest absolute Gasteiger partial charge is 0.309 e. The van der Waals surface area contributed by atoms with Crippen molar-refractivity contribution in [2.45, 2.75) is 78.2 Å². The third kappa shape index (κ3) is 2.83. The molecule has 0 N–H and O–H groups in total. The maximum Gasteiger partial charge on any atom is 0.309 e. The second-order valence-corrected chi connectivity index (χ2v) is 10.3. The van der Waals surface area contributed by atoms with Gasteiger partial charge in [0.25, 0.3) is 0 Å². The van der Waals surface area contributed by atoms with Crippen LogP contribution in [-0.2, 0) is 23.9 Å². The van der Waals surface area contributed by atoms with Crippen molar-refractivity contribution in [3.63, 3.8) is 0 Å². The van der Waals surface area contributed by atoms with Crippen molar-refractivity contribution >= 4 is 17.7 Å². The molecule has 0 amide bonds. The van der Waals surface area contributed by atoms with Crippen LogP contribution in [0.5, 0.6) is 0 Å². The van der Waals surface area contributed by atoms with Gasteiger partial charge in [-0.25, -0.2) is 0 Å². The Morgan fingerprint density at radius 1 is 1.04 bits per heavy atom. The van der Waals surface area contributed by atoms with Gasteiger partial charge in [0.15, 0.2) is 0 Å². The van der Waals surface area contributed by atoms with E-state index in [9.17, 15) is 14.4 Å². The number of ketones is 1. The molecule has 0 aliphatic heterocycles. The van der Waals surface area contributed by atoms with Crippen molar-refractivity contribution in [1.29, 1.82) is 0 Å². The molecule has 5 heteroatoms. The Hall–Kier alpha value is -1.39. The summed E-state index contributed by atoms with van der Waals surface area (Å²) in [6.45, 7) is 5.95. The molecular weight excluding hydrogens is 356 g/mol. The van der Waals surface area contributed by atoms with Crippen LogP contribution in [0.1, 0.15) is 72.1 Å². The van der Waals surface area contributed by atoms with Gasteiger partial charge in [-0.3, -0.25) is 14.4 Å². The van der Waals surface area contributed by atoms with Crippen LogP contribution in [0.15, 0.2) is 0 Å². The quantitative estimate of drug-likeness (QED) is 0.668. The van der Waals surface area contributed by atoms with Gasteiger partial charge in [-0.1, -0.05) is 13.8 Å². The third-order valence-corrected chi connectivity index (χ3v) is 9.12. The molecule has 4 aliphatic rings. The second-order valence-electron chi connectivity index (χ2n) is 10.3. The Morgan fingerprint density at radius 2 is 1.79 bits per heavy atom. The van der Waals surface area contributed by atoms with Crippen molar-refractivity contribution in [2.75, 3.05) is 7.11 Å². The maximum absolute atomic E-state index is 13.5. The molecule has 28 heavy (non-hydrogen) atoms. The Labute approximate surface area is 167 Å². The molecule has 8 atom stereocenters. The number of esters is 2. The lowest BCUT2D eigenvalue weighted by molar-refractivity contribution is -0.172.